The van der Waals surface area contributed by atoms with Crippen molar-refractivity contribution in [3.8, 4) is 0 Å². The monoisotopic (exact) mass is 410 g/mol. The Bertz CT molecular complexity index is 960. The van der Waals surface area contributed by atoms with Gasteiger partial charge in [-0.2, -0.15) is 0 Å². The van der Waals surface area contributed by atoms with Gasteiger partial charge in [-0.1, -0.05) is 61.5 Å². The number of rotatable bonds is 6. The normalized spacial score (nSPS) is 21.6. The van der Waals surface area contributed by atoms with Gasteiger partial charge in [-0.25, -0.2) is 4.79 Å². The molecule has 1 aliphatic carbocycles. The summed E-state index contributed by atoms with van der Waals surface area (Å²) in [5, 5.41) is 0.507. The first kappa shape index (κ1) is 21.0. The molecule has 0 aromatic heterocycles. The van der Waals surface area contributed by atoms with Crippen LogP contribution in [0.25, 0.3) is 5.57 Å². The third-order valence-corrected chi connectivity index (χ3v) is 5.20. The van der Waals surface area contributed by atoms with Crippen LogP contribution in [0.3, 0.4) is 0 Å². The van der Waals surface area contributed by atoms with Gasteiger partial charge in [-0.3, -0.25) is 4.79 Å². The SMILES string of the molecule is C=C[C@@]1(OC(C)C)C(c2ccccc2)=C(OC(=O)c2ccc(Cl)cc2)C(=O)[C@H]1C. The van der Waals surface area contributed by atoms with Crippen LogP contribution in [-0.4, -0.2) is 23.5 Å². The summed E-state index contributed by atoms with van der Waals surface area (Å²) in [6.45, 7) is 9.49. The van der Waals surface area contributed by atoms with Crippen LogP contribution in [0.4, 0.5) is 0 Å². The van der Waals surface area contributed by atoms with Gasteiger partial charge in [-0.15, -0.1) is 0 Å². The van der Waals surface area contributed by atoms with Crippen molar-refractivity contribution < 1.29 is 19.1 Å². The molecule has 4 nitrogen and oxygen atoms in total. The highest BCUT2D eigenvalue weighted by atomic mass is 35.5. The Hall–Kier alpha value is -2.69. The van der Waals surface area contributed by atoms with Gasteiger partial charge in [-0.05, 0) is 43.7 Å². The highest BCUT2D eigenvalue weighted by Crippen LogP contribution is 2.48. The molecule has 0 fully saturated rings. The minimum atomic E-state index is -1.10. The van der Waals surface area contributed by atoms with Crippen molar-refractivity contribution in [3.05, 3.63) is 89.2 Å². The van der Waals surface area contributed by atoms with Crippen LogP contribution in [0.5, 0.6) is 0 Å². The van der Waals surface area contributed by atoms with Gasteiger partial charge < -0.3 is 9.47 Å². The van der Waals surface area contributed by atoms with Gasteiger partial charge in [0.25, 0.3) is 0 Å². The Kier molecular flexibility index (Phi) is 6.06. The van der Waals surface area contributed by atoms with E-state index >= 15 is 0 Å². The van der Waals surface area contributed by atoms with Crippen LogP contribution < -0.4 is 0 Å². The fourth-order valence-corrected chi connectivity index (χ4v) is 3.71. The van der Waals surface area contributed by atoms with E-state index in [-0.39, 0.29) is 17.6 Å². The van der Waals surface area contributed by atoms with Gasteiger partial charge in [0.2, 0.25) is 5.78 Å². The molecule has 0 bridgehead atoms. The smallest absolute Gasteiger partial charge is 0.343 e. The Balaban J connectivity index is 2.14. The van der Waals surface area contributed by atoms with Crippen molar-refractivity contribution >= 4 is 28.9 Å². The van der Waals surface area contributed by atoms with Gasteiger partial charge in [0.1, 0.15) is 5.60 Å². The molecule has 29 heavy (non-hydrogen) atoms. The van der Waals surface area contributed by atoms with Crippen LogP contribution >= 0.6 is 11.6 Å². The van der Waals surface area contributed by atoms with E-state index in [1.54, 1.807) is 37.3 Å². The van der Waals surface area contributed by atoms with E-state index in [4.69, 9.17) is 21.1 Å². The van der Waals surface area contributed by atoms with E-state index in [9.17, 15) is 9.59 Å². The molecule has 0 spiro atoms. The van der Waals surface area contributed by atoms with Gasteiger partial charge in [0.15, 0.2) is 5.76 Å². The molecule has 5 heteroatoms. The number of ketones is 1. The molecule has 2 aromatic carbocycles. The van der Waals surface area contributed by atoms with E-state index < -0.39 is 17.5 Å². The molecular weight excluding hydrogens is 388 g/mol. The number of carbonyl (C=O) groups is 2. The Morgan fingerprint density at radius 1 is 1.14 bits per heavy atom. The van der Waals surface area contributed by atoms with Crippen molar-refractivity contribution in [3.63, 3.8) is 0 Å². The second-order valence-electron chi connectivity index (χ2n) is 7.22. The zero-order valence-corrected chi connectivity index (χ0v) is 17.4. The number of hydrogen-bond acceptors (Lipinski definition) is 4. The Morgan fingerprint density at radius 3 is 2.31 bits per heavy atom. The first-order chi connectivity index (χ1) is 13.8. The molecular formula is C24H23ClO4. The molecule has 0 saturated heterocycles. The molecule has 1 aliphatic rings. The van der Waals surface area contributed by atoms with Gasteiger partial charge in [0.05, 0.1) is 17.6 Å². The largest absolute Gasteiger partial charge is 0.419 e. The fourth-order valence-electron chi connectivity index (χ4n) is 3.59. The molecule has 150 valence electrons. The number of halogens is 1. The van der Waals surface area contributed by atoms with Crippen LogP contribution in [0.1, 0.15) is 36.7 Å². The lowest BCUT2D eigenvalue weighted by atomic mass is 9.83. The molecule has 0 amide bonds. The average Bonchev–Trinajstić information content (AvgIpc) is 2.90. The maximum atomic E-state index is 13.2. The van der Waals surface area contributed by atoms with E-state index in [1.807, 2.05) is 44.2 Å². The molecule has 0 radical (unpaired) electrons. The van der Waals surface area contributed by atoms with E-state index in [0.717, 1.165) is 5.56 Å². The lowest BCUT2D eigenvalue weighted by Gasteiger charge is -2.34. The summed E-state index contributed by atoms with van der Waals surface area (Å²) < 4.78 is 11.9. The van der Waals surface area contributed by atoms with Crippen LogP contribution in [0, 0.1) is 5.92 Å². The number of ether oxygens (including phenoxy) is 2. The van der Waals surface area contributed by atoms with Crippen LogP contribution in [-0.2, 0) is 14.3 Å². The predicted octanol–water partition coefficient (Wildman–Crippen LogP) is 5.48. The summed E-state index contributed by atoms with van der Waals surface area (Å²) in [5.74, 6) is -1.53. The lowest BCUT2D eigenvalue weighted by molar-refractivity contribution is -0.126. The second kappa shape index (κ2) is 8.36. The molecule has 0 saturated carbocycles. The highest BCUT2D eigenvalue weighted by Gasteiger charge is 2.53. The Labute approximate surface area is 175 Å². The molecule has 0 N–H and O–H groups in total. The molecule has 2 aromatic rings. The van der Waals surface area contributed by atoms with E-state index in [1.165, 1.54) is 0 Å². The van der Waals surface area contributed by atoms with Crippen molar-refractivity contribution in [2.75, 3.05) is 0 Å². The predicted molar refractivity (Wildman–Crippen MR) is 114 cm³/mol. The number of allylic oxidation sites excluding steroid dienone is 1. The van der Waals surface area contributed by atoms with E-state index in [2.05, 4.69) is 6.58 Å². The number of benzene rings is 2. The molecule has 2 atom stereocenters. The van der Waals surface area contributed by atoms with Gasteiger partial charge >= 0.3 is 5.97 Å². The third-order valence-electron chi connectivity index (χ3n) is 4.95. The molecule has 0 unspecified atom stereocenters. The van der Waals surface area contributed by atoms with Crippen LogP contribution in [0.15, 0.2) is 73.0 Å². The summed E-state index contributed by atoms with van der Waals surface area (Å²) in [7, 11) is 0. The summed E-state index contributed by atoms with van der Waals surface area (Å²) in [5.41, 5.74) is 0.462. The van der Waals surface area contributed by atoms with Gasteiger partial charge in [0, 0.05) is 10.6 Å². The Morgan fingerprint density at radius 2 is 1.76 bits per heavy atom. The number of carbonyl (C=O) groups excluding carboxylic acids is 2. The number of esters is 1. The lowest BCUT2D eigenvalue weighted by Crippen LogP contribution is -2.39. The van der Waals surface area contributed by atoms with Crippen molar-refractivity contribution in [2.24, 2.45) is 5.92 Å². The quantitative estimate of drug-likeness (QED) is 0.467. The maximum absolute atomic E-state index is 13.2. The summed E-state index contributed by atoms with van der Waals surface area (Å²) >= 11 is 5.89. The fraction of sp³-hybridized carbons (Fsp3) is 0.250. The van der Waals surface area contributed by atoms with Crippen molar-refractivity contribution in [1.29, 1.82) is 0 Å². The van der Waals surface area contributed by atoms with Crippen molar-refractivity contribution in [2.45, 2.75) is 32.5 Å². The second-order valence-corrected chi connectivity index (χ2v) is 7.65. The zero-order chi connectivity index (χ0) is 21.2. The van der Waals surface area contributed by atoms with E-state index in [0.29, 0.717) is 16.2 Å². The number of Topliss-reactive ketones (excluding diaryl/α,β-unsaturated/α-hetero) is 1. The minimum absolute atomic E-state index is 0.0100. The van der Waals surface area contributed by atoms with Crippen molar-refractivity contribution in [1.82, 2.24) is 0 Å². The summed E-state index contributed by atoms with van der Waals surface area (Å²) in [4.78, 5) is 25.9. The molecule has 3 rings (SSSR count). The standard InChI is InChI=1S/C24H23ClO4/c1-5-24(29-15(2)3)16(4)21(26)22(20(24)17-9-7-6-8-10-17)28-23(27)18-11-13-19(25)14-12-18/h5-16H,1H2,2-4H3/t16-,24+/m1/s1. The third kappa shape index (κ3) is 3.91. The maximum Gasteiger partial charge on any atom is 0.343 e. The first-order valence-electron chi connectivity index (χ1n) is 9.43. The first-order valence-corrected chi connectivity index (χ1v) is 9.81. The molecule has 0 aliphatic heterocycles. The summed E-state index contributed by atoms with van der Waals surface area (Å²) in [6.07, 6.45) is 1.45. The topological polar surface area (TPSA) is 52.6 Å². The molecule has 0 heterocycles. The zero-order valence-electron chi connectivity index (χ0n) is 16.6. The highest BCUT2D eigenvalue weighted by molar-refractivity contribution is 6.30. The average molecular weight is 411 g/mol. The summed E-state index contributed by atoms with van der Waals surface area (Å²) in [6, 6.07) is 15.6. The van der Waals surface area contributed by atoms with Crippen LogP contribution in [0.2, 0.25) is 5.02 Å². The number of hydrogen-bond donors (Lipinski definition) is 0. The minimum Gasteiger partial charge on any atom is -0.419 e.